The van der Waals surface area contributed by atoms with Crippen molar-refractivity contribution in [3.8, 4) is 5.75 Å². The minimum atomic E-state index is -3.59. The Morgan fingerprint density at radius 3 is 2.60 bits per heavy atom. The zero-order valence-electron chi connectivity index (χ0n) is 18.1. The Labute approximate surface area is 179 Å². The summed E-state index contributed by atoms with van der Waals surface area (Å²) in [4.78, 5) is 2.71. The number of aryl methyl sites for hydroxylation is 1. The van der Waals surface area contributed by atoms with E-state index in [0.29, 0.717) is 25.4 Å². The Hall–Kier alpha value is -1.90. The minimum absolute atomic E-state index is 0.166. The first-order valence-corrected chi connectivity index (χ1v) is 12.1. The maximum atomic E-state index is 13.5. The van der Waals surface area contributed by atoms with Gasteiger partial charge in [-0.3, -0.25) is 9.58 Å². The molecule has 4 rings (SSSR count). The fourth-order valence-corrected chi connectivity index (χ4v) is 6.37. The molecule has 1 aromatic carbocycles. The van der Waals surface area contributed by atoms with Gasteiger partial charge in [0.25, 0.3) is 0 Å². The summed E-state index contributed by atoms with van der Waals surface area (Å²) in [5, 5.41) is 4.26. The molecule has 1 aromatic heterocycles. The number of likely N-dealkylation sites (tertiary alicyclic amines) is 1. The minimum Gasteiger partial charge on any atom is -0.492 e. The Morgan fingerprint density at radius 1 is 1.20 bits per heavy atom. The summed E-state index contributed by atoms with van der Waals surface area (Å²) in [6, 6.07) is 7.04. The van der Waals surface area contributed by atoms with Crippen LogP contribution in [0, 0.1) is 11.3 Å². The van der Waals surface area contributed by atoms with Crippen LogP contribution in [-0.2, 0) is 23.6 Å². The van der Waals surface area contributed by atoms with Crippen LogP contribution in [0.4, 0.5) is 0 Å². The number of piperidine rings is 1. The number of benzene rings is 1. The topological polar surface area (TPSA) is 67.7 Å². The van der Waals surface area contributed by atoms with Crippen molar-refractivity contribution < 1.29 is 13.2 Å². The van der Waals surface area contributed by atoms with Crippen molar-refractivity contribution in [3.05, 3.63) is 42.2 Å². The highest BCUT2D eigenvalue weighted by Gasteiger charge is 2.43. The van der Waals surface area contributed by atoms with Crippen LogP contribution in [0.1, 0.15) is 32.3 Å². The van der Waals surface area contributed by atoms with E-state index in [1.807, 2.05) is 24.0 Å². The van der Waals surface area contributed by atoms with Crippen LogP contribution in [-0.4, -0.2) is 60.2 Å². The lowest BCUT2D eigenvalue weighted by molar-refractivity contribution is 0.0310. The second kappa shape index (κ2) is 8.32. The molecule has 7 nitrogen and oxygen atoms in total. The number of hydrogen-bond acceptors (Lipinski definition) is 5. The summed E-state index contributed by atoms with van der Waals surface area (Å²) < 4.78 is 36.6. The summed E-state index contributed by atoms with van der Waals surface area (Å²) in [7, 11) is -1.66. The van der Waals surface area contributed by atoms with Gasteiger partial charge in [0, 0.05) is 43.9 Å². The van der Waals surface area contributed by atoms with E-state index in [4.69, 9.17) is 4.74 Å². The molecule has 1 fully saturated rings. The maximum absolute atomic E-state index is 13.5. The van der Waals surface area contributed by atoms with Gasteiger partial charge in [-0.15, -0.1) is 0 Å². The van der Waals surface area contributed by atoms with Crippen molar-refractivity contribution in [3.63, 3.8) is 0 Å². The molecule has 164 valence electrons. The average molecular weight is 433 g/mol. The van der Waals surface area contributed by atoms with E-state index in [0.717, 1.165) is 32.5 Å². The maximum Gasteiger partial charge on any atom is 0.246 e. The first-order chi connectivity index (χ1) is 14.3. The zero-order valence-corrected chi connectivity index (χ0v) is 18.9. The molecule has 0 bridgehead atoms. The van der Waals surface area contributed by atoms with Crippen molar-refractivity contribution in [2.45, 2.75) is 38.1 Å². The van der Waals surface area contributed by atoms with Gasteiger partial charge >= 0.3 is 0 Å². The monoisotopic (exact) mass is 432 g/mol. The third-order valence-corrected chi connectivity index (χ3v) is 8.01. The molecule has 0 unspecified atom stereocenters. The van der Waals surface area contributed by atoms with E-state index in [1.165, 1.54) is 5.56 Å². The molecule has 0 atom stereocenters. The smallest absolute Gasteiger partial charge is 0.246 e. The number of hydrogen-bond donors (Lipinski definition) is 0. The number of sulfonamides is 1. The van der Waals surface area contributed by atoms with E-state index < -0.39 is 10.0 Å². The fourth-order valence-electron chi connectivity index (χ4n) is 4.53. The van der Waals surface area contributed by atoms with Crippen molar-refractivity contribution in [1.82, 2.24) is 19.0 Å². The number of rotatable bonds is 4. The van der Waals surface area contributed by atoms with E-state index in [9.17, 15) is 8.42 Å². The average Bonchev–Trinajstić information content (AvgIpc) is 3.11. The molecule has 0 amide bonds. The highest BCUT2D eigenvalue weighted by Crippen LogP contribution is 2.39. The predicted molar refractivity (Wildman–Crippen MR) is 116 cm³/mol. The SMILES string of the molecule is CC(C)CN1CC2(CCN(Cc3cnn(C)c3)CC2)COc2ccccc2S1(=O)=O. The van der Waals surface area contributed by atoms with Gasteiger partial charge in [0.1, 0.15) is 10.6 Å². The molecular formula is C22H32N4O3S. The molecular weight excluding hydrogens is 400 g/mol. The van der Waals surface area contributed by atoms with Crippen LogP contribution in [0.5, 0.6) is 5.75 Å². The molecule has 2 aliphatic rings. The third-order valence-electron chi connectivity index (χ3n) is 6.16. The van der Waals surface area contributed by atoms with Gasteiger partial charge in [0.2, 0.25) is 10.0 Å². The molecule has 0 radical (unpaired) electrons. The number of fused-ring (bicyclic) bond motifs is 1. The van der Waals surface area contributed by atoms with Crippen molar-refractivity contribution >= 4 is 10.0 Å². The van der Waals surface area contributed by atoms with Crippen LogP contribution >= 0.6 is 0 Å². The second-order valence-corrected chi connectivity index (χ2v) is 11.1. The highest BCUT2D eigenvalue weighted by atomic mass is 32.2. The fraction of sp³-hybridized carbons (Fsp3) is 0.591. The molecule has 2 aliphatic heterocycles. The molecule has 0 N–H and O–H groups in total. The largest absolute Gasteiger partial charge is 0.492 e. The molecule has 30 heavy (non-hydrogen) atoms. The van der Waals surface area contributed by atoms with Gasteiger partial charge in [-0.05, 0) is 44.0 Å². The molecule has 2 aromatic rings. The second-order valence-electron chi connectivity index (χ2n) is 9.23. The molecule has 0 saturated carbocycles. The van der Waals surface area contributed by atoms with E-state index >= 15 is 0 Å². The van der Waals surface area contributed by atoms with Crippen molar-refractivity contribution in [1.29, 1.82) is 0 Å². The van der Waals surface area contributed by atoms with Crippen LogP contribution in [0.2, 0.25) is 0 Å². The zero-order chi connectivity index (χ0) is 21.4. The number of ether oxygens (including phenoxy) is 1. The van der Waals surface area contributed by atoms with Crippen LogP contribution in [0.15, 0.2) is 41.6 Å². The summed E-state index contributed by atoms with van der Waals surface area (Å²) in [6.07, 6.45) is 5.80. The van der Waals surface area contributed by atoms with E-state index in [1.54, 1.807) is 22.5 Å². The summed E-state index contributed by atoms with van der Waals surface area (Å²) >= 11 is 0. The Morgan fingerprint density at radius 2 is 1.93 bits per heavy atom. The molecule has 8 heteroatoms. The van der Waals surface area contributed by atoms with Gasteiger partial charge in [0.15, 0.2) is 0 Å². The number of para-hydroxylation sites is 1. The first-order valence-electron chi connectivity index (χ1n) is 10.7. The van der Waals surface area contributed by atoms with Crippen LogP contribution in [0.3, 0.4) is 0 Å². The van der Waals surface area contributed by atoms with E-state index in [2.05, 4.69) is 30.0 Å². The lowest BCUT2D eigenvalue weighted by Crippen LogP contribution is -2.52. The van der Waals surface area contributed by atoms with E-state index in [-0.39, 0.29) is 16.2 Å². The van der Waals surface area contributed by atoms with Crippen molar-refractivity contribution in [2.75, 3.05) is 32.8 Å². The molecule has 3 heterocycles. The van der Waals surface area contributed by atoms with Gasteiger partial charge in [-0.25, -0.2) is 8.42 Å². The molecule has 1 spiro atoms. The Balaban J connectivity index is 1.56. The third kappa shape index (κ3) is 4.40. The Kier molecular flexibility index (Phi) is 5.92. The van der Waals surface area contributed by atoms with Gasteiger partial charge in [-0.1, -0.05) is 26.0 Å². The summed E-state index contributed by atoms with van der Waals surface area (Å²) in [5.74, 6) is 0.734. The van der Waals surface area contributed by atoms with Gasteiger partial charge in [0.05, 0.1) is 12.8 Å². The lowest BCUT2D eigenvalue weighted by atomic mass is 9.78. The first kappa shape index (κ1) is 21.3. The quantitative estimate of drug-likeness (QED) is 0.743. The Bertz CT molecular complexity index is 978. The highest BCUT2D eigenvalue weighted by molar-refractivity contribution is 7.89. The van der Waals surface area contributed by atoms with Crippen LogP contribution in [0.25, 0.3) is 0 Å². The summed E-state index contributed by atoms with van der Waals surface area (Å²) in [5.41, 5.74) is 1.04. The number of nitrogens with zero attached hydrogens (tertiary/aromatic N) is 4. The summed E-state index contributed by atoms with van der Waals surface area (Å²) in [6.45, 7) is 8.46. The van der Waals surface area contributed by atoms with Crippen molar-refractivity contribution in [2.24, 2.45) is 18.4 Å². The molecule has 0 aliphatic carbocycles. The van der Waals surface area contributed by atoms with Gasteiger partial charge in [-0.2, -0.15) is 9.40 Å². The lowest BCUT2D eigenvalue weighted by Gasteiger charge is -2.45. The van der Waals surface area contributed by atoms with Gasteiger partial charge < -0.3 is 4.74 Å². The normalized spacial score (nSPS) is 21.7. The van der Waals surface area contributed by atoms with Crippen LogP contribution < -0.4 is 4.74 Å². The molecule has 1 saturated heterocycles. The predicted octanol–water partition coefficient (Wildman–Crippen LogP) is 2.74. The standard InChI is InChI=1S/C22H32N4O3S/c1-18(2)13-26-16-22(17-29-20-6-4-5-7-21(20)30(26,27)28)8-10-25(11-9-22)15-19-12-23-24(3)14-19/h4-7,12,14,18H,8-11,13,15-17H2,1-3H3. The number of aromatic nitrogens is 2.